The van der Waals surface area contributed by atoms with Crippen molar-refractivity contribution in [1.82, 2.24) is 10.6 Å². The van der Waals surface area contributed by atoms with Crippen LogP contribution in [0.15, 0.2) is 28.7 Å². The van der Waals surface area contributed by atoms with Gasteiger partial charge in [0, 0.05) is 36.5 Å². The monoisotopic (exact) mass is 298 g/mol. The predicted octanol–water partition coefficient (Wildman–Crippen LogP) is 2.12. The van der Waals surface area contributed by atoms with Crippen LogP contribution in [0.4, 0.5) is 0 Å². The number of ketones is 1. The number of benzene rings is 1. The zero-order valence-corrected chi connectivity index (χ0v) is 12.4. The quantitative estimate of drug-likeness (QED) is 0.851. The Hall–Kier alpha value is -2.14. The number of hydrogen-bond donors (Lipinski definition) is 2. The molecule has 1 saturated carbocycles. The van der Waals surface area contributed by atoms with Gasteiger partial charge in [0.05, 0.1) is 0 Å². The van der Waals surface area contributed by atoms with Crippen molar-refractivity contribution in [2.45, 2.75) is 31.8 Å². The summed E-state index contributed by atoms with van der Waals surface area (Å²) in [6, 6.07) is 7.80. The standard InChI is InChI=1S/C17H18N2O3/c1-9(20)16-6-11-4-10(2-3-15(11)22-16)17(21)19-14-7-13-5-12(14)8-18-13/h2-4,6,12-14,18H,5,7-8H2,1H3,(H,19,21). The molecule has 4 rings (SSSR count). The molecule has 1 aliphatic heterocycles. The molecule has 1 aromatic carbocycles. The lowest BCUT2D eigenvalue weighted by molar-refractivity contribution is 0.0924. The van der Waals surface area contributed by atoms with Crippen LogP contribution in [0.25, 0.3) is 11.0 Å². The molecule has 1 aliphatic carbocycles. The highest BCUT2D eigenvalue weighted by atomic mass is 16.3. The minimum Gasteiger partial charge on any atom is -0.453 e. The highest BCUT2D eigenvalue weighted by molar-refractivity contribution is 6.00. The number of hydrogen-bond acceptors (Lipinski definition) is 4. The maximum absolute atomic E-state index is 12.4. The summed E-state index contributed by atoms with van der Waals surface area (Å²) in [5.41, 5.74) is 1.24. The molecule has 0 spiro atoms. The van der Waals surface area contributed by atoms with E-state index < -0.39 is 0 Å². The molecule has 1 aromatic heterocycles. The molecule has 5 heteroatoms. The SMILES string of the molecule is CC(=O)c1cc2cc(C(=O)NC3CC4CC3CN4)ccc2o1. The van der Waals surface area contributed by atoms with E-state index in [0.717, 1.165) is 24.8 Å². The molecule has 1 amide bonds. The van der Waals surface area contributed by atoms with Gasteiger partial charge in [-0.05, 0) is 43.0 Å². The number of amides is 1. The Bertz CT molecular complexity index is 764. The predicted molar refractivity (Wildman–Crippen MR) is 82.0 cm³/mol. The summed E-state index contributed by atoms with van der Waals surface area (Å²) < 4.78 is 5.45. The summed E-state index contributed by atoms with van der Waals surface area (Å²) in [7, 11) is 0. The lowest BCUT2D eigenvalue weighted by Gasteiger charge is -2.23. The third kappa shape index (κ3) is 2.22. The van der Waals surface area contributed by atoms with Crippen LogP contribution >= 0.6 is 0 Å². The third-order valence-electron chi connectivity index (χ3n) is 4.81. The van der Waals surface area contributed by atoms with Crippen LogP contribution in [-0.4, -0.2) is 30.3 Å². The van der Waals surface area contributed by atoms with Gasteiger partial charge in [0.2, 0.25) is 0 Å². The van der Waals surface area contributed by atoms with Gasteiger partial charge in [-0.25, -0.2) is 0 Å². The van der Waals surface area contributed by atoms with E-state index in [0.29, 0.717) is 28.9 Å². The van der Waals surface area contributed by atoms with E-state index in [9.17, 15) is 9.59 Å². The minimum atomic E-state index is -0.114. The van der Waals surface area contributed by atoms with Crippen LogP contribution in [0, 0.1) is 5.92 Å². The Morgan fingerprint density at radius 2 is 2.14 bits per heavy atom. The first-order valence-corrected chi connectivity index (χ1v) is 7.69. The maximum atomic E-state index is 12.4. The Kier molecular flexibility index (Phi) is 3.04. The Balaban J connectivity index is 1.55. The zero-order chi connectivity index (χ0) is 15.3. The molecule has 2 bridgehead atoms. The number of piperidine rings is 1. The Morgan fingerprint density at radius 1 is 1.27 bits per heavy atom. The van der Waals surface area contributed by atoms with E-state index >= 15 is 0 Å². The second-order valence-electron chi connectivity index (χ2n) is 6.34. The van der Waals surface area contributed by atoms with Crippen LogP contribution in [0.1, 0.15) is 40.7 Å². The lowest BCUT2D eigenvalue weighted by Crippen LogP contribution is -2.44. The van der Waals surface area contributed by atoms with Gasteiger partial charge in [-0.1, -0.05) is 0 Å². The summed E-state index contributed by atoms with van der Waals surface area (Å²) in [5.74, 6) is 0.712. The van der Waals surface area contributed by atoms with Crippen molar-refractivity contribution >= 4 is 22.7 Å². The fourth-order valence-electron chi connectivity index (χ4n) is 3.62. The largest absolute Gasteiger partial charge is 0.453 e. The van der Waals surface area contributed by atoms with Crippen molar-refractivity contribution in [3.63, 3.8) is 0 Å². The molecule has 22 heavy (non-hydrogen) atoms. The van der Waals surface area contributed by atoms with Gasteiger partial charge >= 0.3 is 0 Å². The van der Waals surface area contributed by atoms with Crippen LogP contribution in [-0.2, 0) is 0 Å². The fourth-order valence-corrected chi connectivity index (χ4v) is 3.62. The van der Waals surface area contributed by atoms with Gasteiger partial charge in [0.1, 0.15) is 5.58 Å². The average molecular weight is 298 g/mol. The molecule has 5 nitrogen and oxygen atoms in total. The molecule has 2 heterocycles. The summed E-state index contributed by atoms with van der Waals surface area (Å²) in [4.78, 5) is 23.8. The van der Waals surface area contributed by atoms with Gasteiger partial charge < -0.3 is 15.1 Å². The summed E-state index contributed by atoms with van der Waals surface area (Å²) in [6.07, 6.45) is 2.17. The first-order chi connectivity index (χ1) is 10.6. The van der Waals surface area contributed by atoms with E-state index in [1.807, 2.05) is 0 Å². The van der Waals surface area contributed by atoms with Crippen LogP contribution in [0.5, 0.6) is 0 Å². The number of Topliss-reactive ketones (excluding diaryl/α,β-unsaturated/α-hetero) is 1. The molecule has 3 atom stereocenters. The second-order valence-corrected chi connectivity index (χ2v) is 6.34. The highest BCUT2D eigenvalue weighted by Crippen LogP contribution is 2.31. The van der Waals surface area contributed by atoms with Gasteiger partial charge in [0.15, 0.2) is 11.5 Å². The van der Waals surface area contributed by atoms with Crippen LogP contribution < -0.4 is 10.6 Å². The van der Waals surface area contributed by atoms with Crippen LogP contribution in [0.3, 0.4) is 0 Å². The molecule has 1 saturated heterocycles. The zero-order valence-electron chi connectivity index (χ0n) is 12.4. The van der Waals surface area contributed by atoms with Crippen molar-refractivity contribution in [2.24, 2.45) is 5.92 Å². The maximum Gasteiger partial charge on any atom is 0.251 e. The van der Waals surface area contributed by atoms with E-state index in [2.05, 4.69) is 10.6 Å². The molecule has 114 valence electrons. The average Bonchev–Trinajstić information content (AvgIpc) is 3.20. The molecule has 2 N–H and O–H groups in total. The van der Waals surface area contributed by atoms with E-state index in [1.54, 1.807) is 24.3 Å². The number of nitrogens with one attached hydrogen (secondary N) is 2. The van der Waals surface area contributed by atoms with Crippen molar-refractivity contribution in [3.8, 4) is 0 Å². The molecule has 0 radical (unpaired) electrons. The van der Waals surface area contributed by atoms with E-state index in [4.69, 9.17) is 4.42 Å². The molecule has 2 aromatic rings. The lowest BCUT2D eigenvalue weighted by atomic mass is 10.0. The van der Waals surface area contributed by atoms with E-state index in [1.165, 1.54) is 6.92 Å². The smallest absolute Gasteiger partial charge is 0.251 e. The second kappa shape index (κ2) is 4.95. The van der Waals surface area contributed by atoms with Gasteiger partial charge in [-0.15, -0.1) is 0 Å². The number of rotatable bonds is 3. The Morgan fingerprint density at radius 3 is 2.82 bits per heavy atom. The fraction of sp³-hybridized carbons (Fsp3) is 0.412. The van der Waals surface area contributed by atoms with Gasteiger partial charge in [-0.2, -0.15) is 0 Å². The van der Waals surface area contributed by atoms with Gasteiger partial charge in [0.25, 0.3) is 5.91 Å². The first-order valence-electron chi connectivity index (χ1n) is 7.69. The number of carbonyl (C=O) groups is 2. The Labute approximate surface area is 128 Å². The number of carbonyl (C=O) groups excluding carboxylic acids is 2. The summed E-state index contributed by atoms with van der Waals surface area (Å²) in [5, 5.41) is 7.37. The van der Waals surface area contributed by atoms with Crippen molar-refractivity contribution in [1.29, 1.82) is 0 Å². The number of fused-ring (bicyclic) bond motifs is 3. The normalized spacial score (nSPS) is 26.5. The number of furan rings is 1. The summed E-state index contributed by atoms with van der Waals surface area (Å²) >= 11 is 0. The van der Waals surface area contributed by atoms with Crippen molar-refractivity contribution in [3.05, 3.63) is 35.6 Å². The van der Waals surface area contributed by atoms with Crippen molar-refractivity contribution < 1.29 is 14.0 Å². The topological polar surface area (TPSA) is 71.3 Å². The molecule has 2 aliphatic rings. The third-order valence-corrected chi connectivity index (χ3v) is 4.81. The molecular formula is C17H18N2O3. The van der Waals surface area contributed by atoms with E-state index in [-0.39, 0.29) is 17.7 Å². The molecular weight excluding hydrogens is 280 g/mol. The summed E-state index contributed by atoms with van der Waals surface area (Å²) in [6.45, 7) is 2.47. The minimum absolute atomic E-state index is 0.0509. The van der Waals surface area contributed by atoms with Crippen molar-refractivity contribution in [2.75, 3.05) is 6.54 Å². The molecule has 2 fully saturated rings. The van der Waals surface area contributed by atoms with Crippen LogP contribution in [0.2, 0.25) is 0 Å². The molecule has 3 unspecified atom stereocenters. The highest BCUT2D eigenvalue weighted by Gasteiger charge is 2.40. The van der Waals surface area contributed by atoms with Gasteiger partial charge in [-0.3, -0.25) is 9.59 Å². The first kappa shape index (κ1) is 13.5.